The molecular weight excluding hydrogens is 182 g/mol. The summed E-state index contributed by atoms with van der Waals surface area (Å²) >= 11 is 7.38. The van der Waals surface area contributed by atoms with Crippen molar-refractivity contribution in [3.05, 3.63) is 21.3 Å². The van der Waals surface area contributed by atoms with Crippen LogP contribution in [0.1, 0.15) is 4.88 Å². The normalized spacial score (nSPS) is 13.4. The molecule has 0 aromatic carbocycles. The summed E-state index contributed by atoms with van der Waals surface area (Å²) in [6, 6.07) is 1.65. The van der Waals surface area contributed by atoms with Crippen molar-refractivity contribution in [1.29, 1.82) is 0 Å². The smallest absolute Gasteiger partial charge is 0.0586 e. The van der Waals surface area contributed by atoms with Gasteiger partial charge < -0.3 is 10.8 Å². The van der Waals surface area contributed by atoms with Gasteiger partial charge in [0.25, 0.3) is 0 Å². The maximum atomic E-state index is 8.66. The highest BCUT2D eigenvalue weighted by Crippen LogP contribution is 2.22. The first kappa shape index (κ1) is 9.00. The van der Waals surface area contributed by atoms with Crippen molar-refractivity contribution in [1.82, 2.24) is 0 Å². The van der Waals surface area contributed by atoms with Crippen molar-refractivity contribution in [3.63, 3.8) is 0 Å². The van der Waals surface area contributed by atoms with E-state index in [0.717, 1.165) is 9.90 Å². The van der Waals surface area contributed by atoms with E-state index in [4.69, 9.17) is 22.4 Å². The lowest BCUT2D eigenvalue weighted by Gasteiger charge is -2.05. The van der Waals surface area contributed by atoms with E-state index in [2.05, 4.69) is 0 Å². The summed E-state index contributed by atoms with van der Waals surface area (Å²) in [5.74, 6) is 0. The third kappa shape index (κ3) is 2.45. The highest BCUT2D eigenvalue weighted by molar-refractivity contribution is 7.10. The van der Waals surface area contributed by atoms with Crippen molar-refractivity contribution in [2.24, 2.45) is 5.73 Å². The molecule has 2 nitrogen and oxygen atoms in total. The summed E-state index contributed by atoms with van der Waals surface area (Å²) in [7, 11) is 0. The van der Waals surface area contributed by atoms with E-state index < -0.39 is 0 Å². The molecule has 0 aliphatic heterocycles. The Kier molecular flexibility index (Phi) is 3.33. The average molecular weight is 192 g/mol. The fraction of sp³-hybridized carbons (Fsp3) is 0.429. The molecule has 0 aliphatic carbocycles. The second kappa shape index (κ2) is 4.07. The first-order chi connectivity index (χ1) is 5.24. The lowest BCUT2D eigenvalue weighted by molar-refractivity contribution is 0.266. The third-order valence-corrected chi connectivity index (χ3v) is 2.78. The maximum absolute atomic E-state index is 8.66. The molecule has 1 rings (SSSR count). The molecule has 4 heteroatoms. The van der Waals surface area contributed by atoms with E-state index in [9.17, 15) is 0 Å². The number of hydrogen-bond donors (Lipinski definition) is 2. The van der Waals surface area contributed by atoms with Crippen molar-refractivity contribution in [3.8, 4) is 0 Å². The summed E-state index contributed by atoms with van der Waals surface area (Å²) in [6.45, 7) is 0.00816. The number of rotatable bonds is 3. The van der Waals surface area contributed by atoms with E-state index in [1.54, 1.807) is 11.3 Å². The Morgan fingerprint density at radius 2 is 2.45 bits per heavy atom. The Bertz CT molecular complexity index is 226. The monoisotopic (exact) mass is 191 g/mol. The minimum atomic E-state index is -0.189. The molecule has 0 saturated carbocycles. The molecule has 0 saturated heterocycles. The molecule has 62 valence electrons. The fourth-order valence-corrected chi connectivity index (χ4v) is 1.98. The number of aliphatic hydroxyl groups is 1. The highest BCUT2D eigenvalue weighted by Gasteiger charge is 2.06. The molecule has 1 aromatic heterocycles. The highest BCUT2D eigenvalue weighted by atomic mass is 35.5. The van der Waals surface area contributed by atoms with Crippen LogP contribution in [0, 0.1) is 0 Å². The van der Waals surface area contributed by atoms with Crippen LogP contribution in [-0.4, -0.2) is 17.8 Å². The molecule has 0 fully saturated rings. The van der Waals surface area contributed by atoms with Gasteiger partial charge in [-0.15, -0.1) is 11.3 Å². The SMILES string of the molecule is NC(CO)Cc1sccc1Cl. The Hall–Kier alpha value is -0.0900. The topological polar surface area (TPSA) is 46.2 Å². The zero-order valence-electron chi connectivity index (χ0n) is 5.96. The minimum absolute atomic E-state index is 0.00816. The molecule has 1 heterocycles. The van der Waals surface area contributed by atoms with Crippen molar-refractivity contribution >= 4 is 22.9 Å². The molecule has 0 radical (unpaired) electrons. The van der Waals surface area contributed by atoms with Crippen LogP contribution in [0.15, 0.2) is 11.4 Å². The quantitative estimate of drug-likeness (QED) is 0.756. The molecule has 1 unspecified atom stereocenters. The number of aliphatic hydroxyl groups excluding tert-OH is 1. The van der Waals surface area contributed by atoms with Crippen molar-refractivity contribution in [2.75, 3.05) is 6.61 Å². The van der Waals surface area contributed by atoms with E-state index >= 15 is 0 Å². The van der Waals surface area contributed by atoms with Crippen LogP contribution in [0.3, 0.4) is 0 Å². The Labute approximate surface area is 74.6 Å². The second-order valence-electron chi connectivity index (χ2n) is 2.34. The number of nitrogens with two attached hydrogens (primary N) is 1. The Balaban J connectivity index is 2.56. The number of hydrogen-bond acceptors (Lipinski definition) is 3. The van der Waals surface area contributed by atoms with Gasteiger partial charge in [-0.05, 0) is 11.4 Å². The standard InChI is InChI=1S/C7H10ClNOS/c8-6-1-2-11-7(6)3-5(9)4-10/h1-2,5,10H,3-4,9H2. The van der Waals surface area contributed by atoms with Gasteiger partial charge in [-0.2, -0.15) is 0 Å². The number of halogens is 1. The van der Waals surface area contributed by atoms with Gasteiger partial charge in [0.1, 0.15) is 0 Å². The van der Waals surface area contributed by atoms with Crippen LogP contribution in [0.5, 0.6) is 0 Å². The van der Waals surface area contributed by atoms with Gasteiger partial charge in [0, 0.05) is 17.3 Å². The summed E-state index contributed by atoms with van der Waals surface area (Å²) in [5.41, 5.74) is 5.53. The van der Waals surface area contributed by atoms with Crippen LogP contribution in [0.4, 0.5) is 0 Å². The molecule has 11 heavy (non-hydrogen) atoms. The average Bonchev–Trinajstić information content (AvgIpc) is 2.37. The van der Waals surface area contributed by atoms with Crippen molar-refractivity contribution < 1.29 is 5.11 Å². The van der Waals surface area contributed by atoms with E-state index in [0.29, 0.717) is 6.42 Å². The van der Waals surface area contributed by atoms with Crippen LogP contribution < -0.4 is 5.73 Å². The molecule has 3 N–H and O–H groups in total. The van der Waals surface area contributed by atoms with Gasteiger partial charge in [0.2, 0.25) is 0 Å². The van der Waals surface area contributed by atoms with Gasteiger partial charge in [0.05, 0.1) is 11.6 Å². The van der Waals surface area contributed by atoms with Crippen LogP contribution >= 0.6 is 22.9 Å². The summed E-state index contributed by atoms with van der Waals surface area (Å²) in [5, 5.41) is 11.3. The Morgan fingerprint density at radius 3 is 2.91 bits per heavy atom. The first-order valence-corrected chi connectivity index (χ1v) is 4.58. The predicted molar refractivity (Wildman–Crippen MR) is 48.1 cm³/mol. The first-order valence-electron chi connectivity index (χ1n) is 3.32. The maximum Gasteiger partial charge on any atom is 0.0586 e. The molecule has 1 aromatic rings. The predicted octanol–water partition coefficient (Wildman–Crippen LogP) is 1.26. The zero-order valence-corrected chi connectivity index (χ0v) is 7.53. The molecule has 0 amide bonds. The fourth-order valence-electron chi connectivity index (χ4n) is 0.773. The second-order valence-corrected chi connectivity index (χ2v) is 3.75. The zero-order chi connectivity index (χ0) is 8.27. The lowest BCUT2D eigenvalue weighted by Crippen LogP contribution is -2.26. The Morgan fingerprint density at radius 1 is 1.73 bits per heavy atom. The van der Waals surface area contributed by atoms with E-state index in [1.165, 1.54) is 0 Å². The third-order valence-electron chi connectivity index (χ3n) is 1.37. The van der Waals surface area contributed by atoms with Crippen LogP contribution in [0.25, 0.3) is 0 Å². The van der Waals surface area contributed by atoms with Gasteiger partial charge >= 0.3 is 0 Å². The lowest BCUT2D eigenvalue weighted by atomic mass is 10.2. The number of thiophene rings is 1. The van der Waals surface area contributed by atoms with E-state index in [1.807, 2.05) is 11.4 Å². The molecule has 0 spiro atoms. The van der Waals surface area contributed by atoms with Crippen LogP contribution in [-0.2, 0) is 6.42 Å². The van der Waals surface area contributed by atoms with Gasteiger partial charge in [-0.1, -0.05) is 11.6 Å². The van der Waals surface area contributed by atoms with Crippen molar-refractivity contribution in [2.45, 2.75) is 12.5 Å². The molecular formula is C7H10ClNOS. The molecule has 0 bridgehead atoms. The minimum Gasteiger partial charge on any atom is -0.395 e. The van der Waals surface area contributed by atoms with Crippen LogP contribution in [0.2, 0.25) is 5.02 Å². The summed E-state index contributed by atoms with van der Waals surface area (Å²) < 4.78 is 0. The molecule has 0 aliphatic rings. The summed E-state index contributed by atoms with van der Waals surface area (Å²) in [6.07, 6.45) is 0.660. The van der Waals surface area contributed by atoms with Gasteiger partial charge in [-0.25, -0.2) is 0 Å². The summed E-state index contributed by atoms with van der Waals surface area (Å²) in [4.78, 5) is 1.05. The van der Waals surface area contributed by atoms with E-state index in [-0.39, 0.29) is 12.6 Å². The largest absolute Gasteiger partial charge is 0.395 e. The molecule has 1 atom stereocenters. The van der Waals surface area contributed by atoms with Gasteiger partial charge in [-0.3, -0.25) is 0 Å². The van der Waals surface area contributed by atoms with Gasteiger partial charge in [0.15, 0.2) is 0 Å².